The molecule has 0 N–H and O–H groups in total. The van der Waals surface area contributed by atoms with Crippen LogP contribution < -0.4 is 9.64 Å². The molecule has 0 unspecified atom stereocenters. The molecular formula is C27H30ClN3O2S. The van der Waals surface area contributed by atoms with Crippen molar-refractivity contribution >= 4 is 45.0 Å². The van der Waals surface area contributed by atoms with Gasteiger partial charge < -0.3 is 9.64 Å². The largest absolute Gasteiger partial charge is 0.457 e. The van der Waals surface area contributed by atoms with Gasteiger partial charge in [-0.3, -0.25) is 9.69 Å². The molecule has 0 saturated heterocycles. The number of amides is 1. The molecule has 0 fully saturated rings. The third kappa shape index (κ3) is 5.76. The van der Waals surface area contributed by atoms with E-state index in [0.29, 0.717) is 28.7 Å². The van der Waals surface area contributed by atoms with Crippen LogP contribution in [0.3, 0.4) is 0 Å². The normalized spacial score (nSPS) is 10.8. The first-order valence-corrected chi connectivity index (χ1v) is 12.1. The molecule has 1 amide bonds. The molecule has 0 saturated carbocycles. The van der Waals surface area contributed by atoms with E-state index in [1.807, 2.05) is 60.7 Å². The number of aromatic nitrogens is 1. The molecule has 5 nitrogen and oxygen atoms in total. The molecule has 0 radical (unpaired) electrons. The van der Waals surface area contributed by atoms with E-state index in [4.69, 9.17) is 9.72 Å². The number of fused-ring (bicyclic) bond motifs is 1. The number of aryl methyl sites for hydroxylation is 1. The van der Waals surface area contributed by atoms with Crippen LogP contribution in [-0.4, -0.2) is 42.0 Å². The summed E-state index contributed by atoms with van der Waals surface area (Å²) in [6, 6.07) is 23.1. The fourth-order valence-corrected chi connectivity index (χ4v) is 4.82. The van der Waals surface area contributed by atoms with Gasteiger partial charge in [-0.2, -0.15) is 0 Å². The number of rotatable bonds is 9. The number of hydrogen-bond acceptors (Lipinski definition) is 5. The SMILES string of the molecule is CCN(CC)CCN(C(=O)c1ccccc1Oc1ccccc1)c1nc2c(C)cccc2s1.Cl. The van der Waals surface area contributed by atoms with Crippen LogP contribution in [0.4, 0.5) is 5.13 Å². The molecule has 0 spiro atoms. The second-order valence-corrected chi connectivity index (χ2v) is 8.82. The summed E-state index contributed by atoms with van der Waals surface area (Å²) in [7, 11) is 0. The van der Waals surface area contributed by atoms with Gasteiger partial charge in [-0.05, 0) is 55.9 Å². The van der Waals surface area contributed by atoms with Crippen molar-refractivity contribution in [3.63, 3.8) is 0 Å². The van der Waals surface area contributed by atoms with Crippen LogP contribution in [0, 0.1) is 6.92 Å². The predicted octanol–water partition coefficient (Wildman–Crippen LogP) is 6.81. The molecule has 0 aliphatic carbocycles. The van der Waals surface area contributed by atoms with Gasteiger partial charge in [-0.15, -0.1) is 12.4 Å². The van der Waals surface area contributed by atoms with Crippen LogP contribution in [0.5, 0.6) is 11.5 Å². The van der Waals surface area contributed by atoms with Crippen molar-refractivity contribution in [2.24, 2.45) is 0 Å². The first kappa shape index (κ1) is 25.7. The lowest BCUT2D eigenvalue weighted by Crippen LogP contribution is -2.39. The third-order valence-corrected chi connectivity index (χ3v) is 6.75. The highest BCUT2D eigenvalue weighted by atomic mass is 35.5. The molecule has 0 aliphatic heterocycles. The fraction of sp³-hybridized carbons (Fsp3) is 0.259. The Labute approximate surface area is 211 Å². The highest BCUT2D eigenvalue weighted by molar-refractivity contribution is 7.22. The summed E-state index contributed by atoms with van der Waals surface area (Å²) in [4.78, 5) is 22.9. The number of hydrogen-bond donors (Lipinski definition) is 0. The van der Waals surface area contributed by atoms with Crippen molar-refractivity contribution in [3.05, 3.63) is 83.9 Å². The predicted molar refractivity (Wildman–Crippen MR) is 144 cm³/mol. The van der Waals surface area contributed by atoms with E-state index >= 15 is 0 Å². The quantitative estimate of drug-likeness (QED) is 0.256. The summed E-state index contributed by atoms with van der Waals surface area (Å²) in [6.07, 6.45) is 0. The molecule has 3 aromatic carbocycles. The van der Waals surface area contributed by atoms with Crippen molar-refractivity contribution in [1.82, 2.24) is 9.88 Å². The standard InChI is InChI=1S/C27H29N3O2S.ClH/c1-4-29(5-2)18-19-30(27-28-25-20(3)12-11-17-24(25)33-27)26(31)22-15-9-10-16-23(22)32-21-13-7-6-8-14-21;/h6-17H,4-5,18-19H2,1-3H3;1H. The minimum atomic E-state index is -0.106. The van der Waals surface area contributed by atoms with Crippen molar-refractivity contribution < 1.29 is 9.53 Å². The molecule has 1 aromatic heterocycles. The number of thiazole rings is 1. The second kappa shape index (κ2) is 12.0. The summed E-state index contributed by atoms with van der Waals surface area (Å²) < 4.78 is 7.17. The third-order valence-electron chi connectivity index (χ3n) is 5.71. The maximum absolute atomic E-state index is 13.9. The average Bonchev–Trinajstić information content (AvgIpc) is 3.28. The van der Waals surface area contributed by atoms with Gasteiger partial charge in [0.05, 0.1) is 15.8 Å². The maximum Gasteiger partial charge on any atom is 0.263 e. The molecule has 34 heavy (non-hydrogen) atoms. The number of ether oxygens (including phenoxy) is 1. The number of para-hydroxylation sites is 3. The van der Waals surface area contributed by atoms with Gasteiger partial charge in [0.1, 0.15) is 11.5 Å². The zero-order valence-corrected chi connectivity index (χ0v) is 21.4. The number of likely N-dealkylation sites (N-methyl/N-ethyl adjacent to an activating group) is 1. The Kier molecular flexibility index (Phi) is 9.05. The molecule has 0 bridgehead atoms. The van der Waals surface area contributed by atoms with Gasteiger partial charge >= 0.3 is 0 Å². The van der Waals surface area contributed by atoms with Crippen molar-refractivity contribution in [1.29, 1.82) is 0 Å². The summed E-state index contributed by atoms with van der Waals surface area (Å²) in [5.41, 5.74) is 2.59. The number of benzene rings is 3. The van der Waals surface area contributed by atoms with Crippen molar-refractivity contribution in [3.8, 4) is 11.5 Å². The first-order valence-electron chi connectivity index (χ1n) is 11.3. The highest BCUT2D eigenvalue weighted by Crippen LogP contribution is 2.33. The Hall–Kier alpha value is -2.93. The van der Waals surface area contributed by atoms with Gasteiger partial charge in [0.25, 0.3) is 5.91 Å². The summed E-state index contributed by atoms with van der Waals surface area (Å²) in [6.45, 7) is 9.53. The van der Waals surface area contributed by atoms with Gasteiger partial charge in [0, 0.05) is 13.1 Å². The Bertz CT molecular complexity index is 1230. The van der Waals surface area contributed by atoms with Crippen LogP contribution in [0.2, 0.25) is 0 Å². The molecule has 4 rings (SSSR count). The summed E-state index contributed by atoms with van der Waals surface area (Å²) in [5.74, 6) is 1.13. The zero-order valence-electron chi connectivity index (χ0n) is 19.7. The first-order chi connectivity index (χ1) is 16.1. The molecule has 178 valence electrons. The van der Waals surface area contributed by atoms with Crippen LogP contribution in [0.25, 0.3) is 10.2 Å². The van der Waals surface area contributed by atoms with Crippen LogP contribution in [0.1, 0.15) is 29.8 Å². The van der Waals surface area contributed by atoms with Gasteiger partial charge in [-0.1, -0.05) is 67.6 Å². The van der Waals surface area contributed by atoms with Gasteiger partial charge in [-0.25, -0.2) is 4.98 Å². The zero-order chi connectivity index (χ0) is 23.2. The monoisotopic (exact) mass is 495 g/mol. The number of carbonyl (C=O) groups excluding carboxylic acids is 1. The average molecular weight is 496 g/mol. The Morgan fingerprint density at radius 3 is 2.32 bits per heavy atom. The van der Waals surface area contributed by atoms with E-state index in [2.05, 4.69) is 37.8 Å². The molecule has 4 aromatic rings. The maximum atomic E-state index is 13.9. The van der Waals surface area contributed by atoms with Gasteiger partial charge in [0.15, 0.2) is 5.13 Å². The van der Waals surface area contributed by atoms with Crippen molar-refractivity contribution in [2.45, 2.75) is 20.8 Å². The van der Waals surface area contributed by atoms with E-state index in [1.54, 1.807) is 16.2 Å². The number of halogens is 1. The van der Waals surface area contributed by atoms with E-state index in [9.17, 15) is 4.79 Å². The Balaban J connectivity index is 0.00000324. The molecule has 0 atom stereocenters. The fourth-order valence-electron chi connectivity index (χ4n) is 3.75. The Morgan fingerprint density at radius 2 is 1.62 bits per heavy atom. The highest BCUT2D eigenvalue weighted by Gasteiger charge is 2.25. The van der Waals surface area contributed by atoms with Crippen LogP contribution in [-0.2, 0) is 0 Å². The number of carbonyl (C=O) groups is 1. The number of nitrogens with zero attached hydrogens (tertiary/aromatic N) is 3. The van der Waals surface area contributed by atoms with Crippen molar-refractivity contribution in [2.75, 3.05) is 31.1 Å². The van der Waals surface area contributed by atoms with Crippen LogP contribution in [0.15, 0.2) is 72.8 Å². The topological polar surface area (TPSA) is 45.7 Å². The van der Waals surface area contributed by atoms with E-state index in [-0.39, 0.29) is 18.3 Å². The smallest absolute Gasteiger partial charge is 0.263 e. The van der Waals surface area contributed by atoms with E-state index in [0.717, 1.165) is 35.4 Å². The minimum absolute atomic E-state index is 0. The lowest BCUT2D eigenvalue weighted by molar-refractivity contribution is 0.0981. The Morgan fingerprint density at radius 1 is 0.912 bits per heavy atom. The summed E-state index contributed by atoms with van der Waals surface area (Å²) in [5, 5.41) is 0.714. The lowest BCUT2D eigenvalue weighted by Gasteiger charge is -2.25. The van der Waals surface area contributed by atoms with E-state index in [1.165, 1.54) is 0 Å². The van der Waals surface area contributed by atoms with Gasteiger partial charge in [0.2, 0.25) is 0 Å². The molecule has 0 aliphatic rings. The number of anilines is 1. The lowest BCUT2D eigenvalue weighted by atomic mass is 10.1. The molecular weight excluding hydrogens is 466 g/mol. The molecule has 1 heterocycles. The van der Waals surface area contributed by atoms with E-state index < -0.39 is 0 Å². The van der Waals surface area contributed by atoms with Crippen LogP contribution >= 0.6 is 23.7 Å². The second-order valence-electron chi connectivity index (χ2n) is 7.81. The minimum Gasteiger partial charge on any atom is -0.457 e. The molecule has 7 heteroatoms. The summed E-state index contributed by atoms with van der Waals surface area (Å²) >= 11 is 1.55.